The van der Waals surface area contributed by atoms with Gasteiger partial charge >= 0.3 is 0 Å². The third-order valence-electron chi connectivity index (χ3n) is 3.13. The van der Waals surface area contributed by atoms with E-state index < -0.39 is 0 Å². The van der Waals surface area contributed by atoms with E-state index in [0.717, 1.165) is 31.4 Å². The van der Waals surface area contributed by atoms with Crippen molar-refractivity contribution in [2.45, 2.75) is 37.8 Å². The van der Waals surface area contributed by atoms with Crippen LogP contribution in [-0.4, -0.2) is 12.1 Å². The maximum absolute atomic E-state index is 13.1. The molecular formula is C12H15BrClFN2. The van der Waals surface area contributed by atoms with Crippen LogP contribution in [0.3, 0.4) is 0 Å². The van der Waals surface area contributed by atoms with E-state index in [2.05, 4.69) is 21.2 Å². The highest BCUT2D eigenvalue weighted by atomic mass is 79.9. The molecule has 17 heavy (non-hydrogen) atoms. The van der Waals surface area contributed by atoms with Gasteiger partial charge in [-0.3, -0.25) is 0 Å². The normalized spacial score (nSPS) is 24.7. The molecule has 1 fully saturated rings. The van der Waals surface area contributed by atoms with Gasteiger partial charge in [-0.1, -0.05) is 11.6 Å². The maximum atomic E-state index is 13.1. The van der Waals surface area contributed by atoms with Gasteiger partial charge in [0.25, 0.3) is 0 Å². The Morgan fingerprint density at radius 1 is 1.29 bits per heavy atom. The second-order valence-electron chi connectivity index (χ2n) is 4.50. The van der Waals surface area contributed by atoms with E-state index in [4.69, 9.17) is 17.3 Å². The van der Waals surface area contributed by atoms with Crippen molar-refractivity contribution in [3.63, 3.8) is 0 Å². The number of nitrogens with one attached hydrogen (secondary N) is 1. The molecular weight excluding hydrogens is 307 g/mol. The second-order valence-corrected chi connectivity index (χ2v) is 5.76. The summed E-state index contributed by atoms with van der Waals surface area (Å²) in [6.45, 7) is 0. The maximum Gasteiger partial charge on any atom is 0.125 e. The summed E-state index contributed by atoms with van der Waals surface area (Å²) in [6.07, 6.45) is 4.10. The summed E-state index contributed by atoms with van der Waals surface area (Å²) in [4.78, 5) is 0. The summed E-state index contributed by atoms with van der Waals surface area (Å²) in [5.74, 6) is -0.335. The Morgan fingerprint density at radius 2 is 1.94 bits per heavy atom. The molecule has 0 heterocycles. The van der Waals surface area contributed by atoms with Crippen molar-refractivity contribution in [1.29, 1.82) is 0 Å². The molecule has 0 unspecified atom stereocenters. The summed E-state index contributed by atoms with van der Waals surface area (Å²) in [5, 5.41) is 3.77. The van der Waals surface area contributed by atoms with Gasteiger partial charge in [0.05, 0.1) is 10.7 Å². The predicted octanol–water partition coefficient (Wildman–Crippen LogP) is 3.92. The van der Waals surface area contributed by atoms with Crippen LogP contribution in [0, 0.1) is 5.82 Å². The van der Waals surface area contributed by atoms with Gasteiger partial charge in [0, 0.05) is 16.6 Å². The Morgan fingerprint density at radius 3 is 2.53 bits per heavy atom. The number of anilines is 1. The van der Waals surface area contributed by atoms with Crippen LogP contribution in [0.5, 0.6) is 0 Å². The van der Waals surface area contributed by atoms with Crippen molar-refractivity contribution in [3.05, 3.63) is 27.4 Å². The van der Waals surface area contributed by atoms with E-state index in [-0.39, 0.29) is 5.82 Å². The Labute approximate surface area is 114 Å². The number of hydrogen-bond donors (Lipinski definition) is 2. The topological polar surface area (TPSA) is 38.0 Å². The van der Waals surface area contributed by atoms with Crippen molar-refractivity contribution < 1.29 is 4.39 Å². The van der Waals surface area contributed by atoms with Gasteiger partial charge in [-0.15, -0.1) is 0 Å². The first-order valence-electron chi connectivity index (χ1n) is 5.73. The van der Waals surface area contributed by atoms with Crippen LogP contribution in [0.1, 0.15) is 25.7 Å². The number of rotatable bonds is 2. The van der Waals surface area contributed by atoms with Gasteiger partial charge in [0.15, 0.2) is 0 Å². The summed E-state index contributed by atoms with van der Waals surface area (Å²) >= 11 is 9.35. The lowest BCUT2D eigenvalue weighted by Crippen LogP contribution is -2.32. The van der Waals surface area contributed by atoms with Crippen LogP contribution in [0.4, 0.5) is 10.1 Å². The molecule has 1 aliphatic rings. The van der Waals surface area contributed by atoms with Gasteiger partial charge < -0.3 is 11.1 Å². The molecule has 0 aliphatic heterocycles. The highest BCUT2D eigenvalue weighted by Gasteiger charge is 2.20. The minimum Gasteiger partial charge on any atom is -0.380 e. The van der Waals surface area contributed by atoms with Crippen molar-refractivity contribution >= 4 is 33.2 Å². The van der Waals surface area contributed by atoms with Gasteiger partial charge in [-0.2, -0.15) is 0 Å². The summed E-state index contributed by atoms with van der Waals surface area (Å²) in [6, 6.07) is 3.43. The first kappa shape index (κ1) is 13.1. The van der Waals surface area contributed by atoms with Crippen LogP contribution < -0.4 is 11.1 Å². The van der Waals surface area contributed by atoms with Crippen molar-refractivity contribution in [3.8, 4) is 0 Å². The highest BCUT2D eigenvalue weighted by molar-refractivity contribution is 9.10. The molecule has 1 aromatic rings. The average molecular weight is 322 g/mol. The Hall–Kier alpha value is -0.320. The Bertz CT molecular complexity index is 382. The molecule has 2 nitrogen and oxygen atoms in total. The lowest BCUT2D eigenvalue weighted by molar-refractivity contribution is 0.411. The van der Waals surface area contributed by atoms with E-state index >= 15 is 0 Å². The van der Waals surface area contributed by atoms with Crippen molar-refractivity contribution in [1.82, 2.24) is 0 Å². The molecule has 3 N–H and O–H groups in total. The number of hydrogen-bond acceptors (Lipinski definition) is 2. The predicted molar refractivity (Wildman–Crippen MR) is 73.0 cm³/mol. The van der Waals surface area contributed by atoms with Crippen LogP contribution in [0.25, 0.3) is 0 Å². The number of halogens is 3. The Balaban J connectivity index is 2.08. The smallest absolute Gasteiger partial charge is 0.125 e. The fourth-order valence-corrected chi connectivity index (χ4v) is 3.07. The summed E-state index contributed by atoms with van der Waals surface area (Å²) < 4.78 is 13.7. The van der Waals surface area contributed by atoms with Gasteiger partial charge in [-0.05, 0) is 53.7 Å². The summed E-state index contributed by atoms with van der Waals surface area (Å²) in [5.41, 5.74) is 6.63. The zero-order valence-electron chi connectivity index (χ0n) is 9.35. The van der Waals surface area contributed by atoms with Gasteiger partial charge in [0.1, 0.15) is 5.82 Å². The lowest BCUT2D eigenvalue weighted by atomic mass is 9.92. The monoisotopic (exact) mass is 320 g/mol. The number of nitrogens with two attached hydrogens (primary N) is 1. The zero-order chi connectivity index (χ0) is 12.4. The fraction of sp³-hybridized carbons (Fsp3) is 0.500. The molecule has 1 saturated carbocycles. The average Bonchev–Trinajstić information content (AvgIpc) is 2.26. The molecule has 0 atom stereocenters. The molecule has 1 aliphatic carbocycles. The first-order valence-corrected chi connectivity index (χ1v) is 6.90. The van der Waals surface area contributed by atoms with E-state index in [0.29, 0.717) is 21.6 Å². The van der Waals surface area contributed by atoms with Crippen LogP contribution >= 0.6 is 27.5 Å². The standard InChI is InChI=1S/C12H15BrClFN2/c13-10-5-7(15)6-11(14)12(10)17-9-3-1-8(16)2-4-9/h5-6,8-9,17H,1-4,16H2. The molecule has 0 bridgehead atoms. The van der Waals surface area contributed by atoms with Gasteiger partial charge in [0.2, 0.25) is 0 Å². The van der Waals surface area contributed by atoms with E-state index in [9.17, 15) is 4.39 Å². The van der Waals surface area contributed by atoms with Crippen molar-refractivity contribution in [2.24, 2.45) is 5.73 Å². The van der Waals surface area contributed by atoms with Crippen molar-refractivity contribution in [2.75, 3.05) is 5.32 Å². The molecule has 0 aromatic heterocycles. The molecule has 2 rings (SSSR count). The largest absolute Gasteiger partial charge is 0.380 e. The van der Waals surface area contributed by atoms with Crippen LogP contribution in [0.2, 0.25) is 5.02 Å². The van der Waals surface area contributed by atoms with Crippen LogP contribution in [-0.2, 0) is 0 Å². The zero-order valence-corrected chi connectivity index (χ0v) is 11.7. The van der Waals surface area contributed by atoms with Gasteiger partial charge in [-0.25, -0.2) is 4.39 Å². The third-order valence-corrected chi connectivity index (χ3v) is 4.05. The third kappa shape index (κ3) is 3.33. The minimum atomic E-state index is -0.335. The SMILES string of the molecule is NC1CCC(Nc2c(Cl)cc(F)cc2Br)CC1. The van der Waals surface area contributed by atoms with E-state index in [1.165, 1.54) is 12.1 Å². The minimum absolute atomic E-state index is 0.320. The second kappa shape index (κ2) is 5.55. The lowest BCUT2D eigenvalue weighted by Gasteiger charge is -2.28. The van der Waals surface area contributed by atoms with E-state index in [1.54, 1.807) is 0 Å². The molecule has 0 spiro atoms. The summed E-state index contributed by atoms with van der Waals surface area (Å²) in [7, 11) is 0. The molecule has 1 aromatic carbocycles. The van der Waals surface area contributed by atoms with Crippen LogP contribution in [0.15, 0.2) is 16.6 Å². The molecule has 0 amide bonds. The highest BCUT2D eigenvalue weighted by Crippen LogP contribution is 2.33. The van der Waals surface area contributed by atoms with E-state index in [1.807, 2.05) is 0 Å². The fourth-order valence-electron chi connectivity index (χ4n) is 2.15. The molecule has 0 radical (unpaired) electrons. The molecule has 0 saturated heterocycles. The Kier molecular flexibility index (Phi) is 4.28. The molecule has 94 valence electrons. The molecule has 5 heteroatoms. The quantitative estimate of drug-likeness (QED) is 0.866. The first-order chi connectivity index (χ1) is 8.06. The number of benzene rings is 1.